The van der Waals surface area contributed by atoms with Crippen LogP contribution in [0.5, 0.6) is 0 Å². The highest BCUT2D eigenvalue weighted by Crippen LogP contribution is 2.35. The summed E-state index contributed by atoms with van der Waals surface area (Å²) in [5, 5.41) is 4.12. The molecule has 2 rings (SSSR count). The Morgan fingerprint density at radius 3 is 2.28 bits per heavy atom. The molecule has 1 unspecified atom stereocenters. The SMILES string of the molecule is CNC(C)c1ccc(SC2CCC(C)CC2)cc1. The van der Waals surface area contributed by atoms with Gasteiger partial charge >= 0.3 is 0 Å². The first kappa shape index (κ1) is 14.0. The third kappa shape index (κ3) is 3.76. The lowest BCUT2D eigenvalue weighted by atomic mass is 9.91. The van der Waals surface area contributed by atoms with E-state index < -0.39 is 0 Å². The molecule has 1 aromatic carbocycles. The van der Waals surface area contributed by atoms with Crippen LogP contribution in [0.3, 0.4) is 0 Å². The second-order valence-electron chi connectivity index (χ2n) is 5.58. The van der Waals surface area contributed by atoms with Gasteiger partial charge in [-0.25, -0.2) is 0 Å². The van der Waals surface area contributed by atoms with E-state index in [-0.39, 0.29) is 0 Å². The summed E-state index contributed by atoms with van der Waals surface area (Å²) < 4.78 is 0. The Morgan fingerprint density at radius 1 is 1.11 bits per heavy atom. The quantitative estimate of drug-likeness (QED) is 0.849. The molecule has 0 heterocycles. The highest BCUT2D eigenvalue weighted by Gasteiger charge is 2.18. The average molecular weight is 263 g/mol. The fourth-order valence-corrected chi connectivity index (χ4v) is 3.73. The zero-order valence-corrected chi connectivity index (χ0v) is 12.6. The molecule has 1 aliphatic rings. The minimum Gasteiger partial charge on any atom is -0.313 e. The van der Waals surface area contributed by atoms with Crippen molar-refractivity contribution < 1.29 is 0 Å². The summed E-state index contributed by atoms with van der Waals surface area (Å²) in [4.78, 5) is 1.43. The zero-order chi connectivity index (χ0) is 13.0. The summed E-state index contributed by atoms with van der Waals surface area (Å²) in [6, 6.07) is 9.53. The number of benzene rings is 1. The van der Waals surface area contributed by atoms with Gasteiger partial charge in [0.1, 0.15) is 0 Å². The summed E-state index contributed by atoms with van der Waals surface area (Å²) >= 11 is 2.07. The van der Waals surface area contributed by atoms with Crippen molar-refractivity contribution in [2.45, 2.75) is 55.7 Å². The number of thioether (sulfide) groups is 1. The highest BCUT2D eigenvalue weighted by atomic mass is 32.2. The predicted molar refractivity (Wildman–Crippen MR) is 81.2 cm³/mol. The number of nitrogens with one attached hydrogen (secondary N) is 1. The molecule has 1 aromatic rings. The topological polar surface area (TPSA) is 12.0 Å². The molecule has 1 fully saturated rings. The number of hydrogen-bond donors (Lipinski definition) is 1. The lowest BCUT2D eigenvalue weighted by Crippen LogP contribution is -2.14. The fraction of sp³-hybridized carbons (Fsp3) is 0.625. The van der Waals surface area contributed by atoms with Gasteiger partial charge < -0.3 is 5.32 Å². The Morgan fingerprint density at radius 2 is 1.72 bits per heavy atom. The van der Waals surface area contributed by atoms with Crippen LogP contribution >= 0.6 is 11.8 Å². The molecule has 100 valence electrons. The van der Waals surface area contributed by atoms with E-state index in [9.17, 15) is 0 Å². The molecule has 0 aliphatic heterocycles. The van der Waals surface area contributed by atoms with Gasteiger partial charge in [-0.05, 0) is 63.3 Å². The van der Waals surface area contributed by atoms with Crippen molar-refractivity contribution in [1.82, 2.24) is 5.32 Å². The van der Waals surface area contributed by atoms with Crippen molar-refractivity contribution in [3.63, 3.8) is 0 Å². The summed E-state index contributed by atoms with van der Waals surface area (Å²) in [6.45, 7) is 4.58. The molecule has 0 aromatic heterocycles. The number of rotatable bonds is 4. The molecule has 2 heteroatoms. The van der Waals surface area contributed by atoms with Crippen molar-refractivity contribution in [3.8, 4) is 0 Å². The maximum Gasteiger partial charge on any atom is 0.0289 e. The van der Waals surface area contributed by atoms with Crippen molar-refractivity contribution in [3.05, 3.63) is 29.8 Å². The average Bonchev–Trinajstić information content (AvgIpc) is 2.41. The Labute approximate surface area is 116 Å². The monoisotopic (exact) mass is 263 g/mol. The van der Waals surface area contributed by atoms with E-state index in [1.165, 1.54) is 36.1 Å². The molecule has 0 bridgehead atoms. The van der Waals surface area contributed by atoms with E-state index in [0.717, 1.165) is 11.2 Å². The van der Waals surface area contributed by atoms with Crippen LogP contribution in [0.15, 0.2) is 29.2 Å². The molecule has 0 spiro atoms. The fourth-order valence-electron chi connectivity index (χ4n) is 2.54. The summed E-state index contributed by atoms with van der Waals surface area (Å²) in [7, 11) is 2.01. The van der Waals surface area contributed by atoms with Crippen LogP contribution in [0.4, 0.5) is 0 Å². The van der Waals surface area contributed by atoms with E-state index in [1.54, 1.807) is 0 Å². The second-order valence-corrected chi connectivity index (χ2v) is 6.95. The number of hydrogen-bond acceptors (Lipinski definition) is 2. The van der Waals surface area contributed by atoms with Crippen LogP contribution in [-0.2, 0) is 0 Å². The van der Waals surface area contributed by atoms with Gasteiger partial charge in [0.25, 0.3) is 0 Å². The first-order valence-electron chi connectivity index (χ1n) is 7.13. The van der Waals surface area contributed by atoms with Crippen molar-refractivity contribution >= 4 is 11.8 Å². The molecule has 18 heavy (non-hydrogen) atoms. The van der Waals surface area contributed by atoms with Crippen molar-refractivity contribution in [2.75, 3.05) is 7.05 Å². The van der Waals surface area contributed by atoms with Crippen LogP contribution in [0, 0.1) is 5.92 Å². The lowest BCUT2D eigenvalue weighted by molar-refractivity contribution is 0.393. The van der Waals surface area contributed by atoms with Crippen LogP contribution in [-0.4, -0.2) is 12.3 Å². The lowest BCUT2D eigenvalue weighted by Gasteiger charge is -2.25. The molecular formula is C16H25NS. The van der Waals surface area contributed by atoms with Gasteiger partial charge in [-0.1, -0.05) is 19.1 Å². The van der Waals surface area contributed by atoms with Gasteiger partial charge in [0, 0.05) is 16.2 Å². The largest absolute Gasteiger partial charge is 0.313 e. The smallest absolute Gasteiger partial charge is 0.0289 e. The maximum absolute atomic E-state index is 3.28. The van der Waals surface area contributed by atoms with Gasteiger partial charge in [-0.3, -0.25) is 0 Å². The third-order valence-electron chi connectivity index (χ3n) is 4.08. The summed E-state index contributed by atoms with van der Waals surface area (Å²) in [5.41, 5.74) is 1.37. The molecule has 0 amide bonds. The van der Waals surface area contributed by atoms with Crippen LogP contribution in [0.25, 0.3) is 0 Å². The second kappa shape index (κ2) is 6.63. The predicted octanol–water partition coefficient (Wildman–Crippen LogP) is 4.64. The van der Waals surface area contributed by atoms with E-state index in [1.807, 2.05) is 7.05 Å². The normalized spacial score (nSPS) is 25.9. The van der Waals surface area contributed by atoms with Crippen molar-refractivity contribution in [1.29, 1.82) is 0 Å². The Balaban J connectivity index is 1.90. The minimum absolute atomic E-state index is 0.444. The zero-order valence-electron chi connectivity index (χ0n) is 11.8. The van der Waals surface area contributed by atoms with E-state index in [4.69, 9.17) is 0 Å². The molecule has 1 atom stereocenters. The van der Waals surface area contributed by atoms with E-state index in [0.29, 0.717) is 6.04 Å². The molecule has 0 radical (unpaired) electrons. The molecule has 1 nitrogen and oxygen atoms in total. The molecule has 1 aliphatic carbocycles. The first-order valence-corrected chi connectivity index (χ1v) is 8.01. The summed E-state index contributed by atoms with van der Waals surface area (Å²) in [6.07, 6.45) is 5.60. The third-order valence-corrected chi connectivity index (χ3v) is 5.43. The Bertz CT molecular complexity index is 352. The molecule has 1 N–H and O–H groups in total. The summed E-state index contributed by atoms with van der Waals surface area (Å²) in [5.74, 6) is 0.945. The van der Waals surface area contributed by atoms with Gasteiger partial charge in [-0.2, -0.15) is 0 Å². The van der Waals surface area contributed by atoms with Gasteiger partial charge in [0.2, 0.25) is 0 Å². The first-order chi connectivity index (χ1) is 8.69. The van der Waals surface area contributed by atoms with Crippen LogP contribution in [0.1, 0.15) is 51.1 Å². The van der Waals surface area contributed by atoms with E-state index >= 15 is 0 Å². The van der Waals surface area contributed by atoms with Gasteiger partial charge in [0.05, 0.1) is 0 Å². The van der Waals surface area contributed by atoms with Gasteiger partial charge in [-0.15, -0.1) is 11.8 Å². The van der Waals surface area contributed by atoms with E-state index in [2.05, 4.69) is 55.2 Å². The molecule has 1 saturated carbocycles. The molecule has 0 saturated heterocycles. The Hall–Kier alpha value is -0.470. The minimum atomic E-state index is 0.444. The van der Waals surface area contributed by atoms with Crippen LogP contribution in [0.2, 0.25) is 0 Å². The van der Waals surface area contributed by atoms with Crippen molar-refractivity contribution in [2.24, 2.45) is 5.92 Å². The molecular weight excluding hydrogens is 238 g/mol. The maximum atomic E-state index is 3.28. The standard InChI is InChI=1S/C16H25NS/c1-12-4-8-15(9-5-12)18-16-10-6-14(7-11-16)13(2)17-3/h6-7,10-13,15,17H,4-5,8-9H2,1-3H3. The van der Waals surface area contributed by atoms with Crippen LogP contribution < -0.4 is 5.32 Å². The van der Waals surface area contributed by atoms with Gasteiger partial charge in [0.15, 0.2) is 0 Å². The highest BCUT2D eigenvalue weighted by molar-refractivity contribution is 8.00. The Kier molecular flexibility index (Phi) is 5.13.